The average molecular weight is 339 g/mol. The highest BCUT2D eigenvalue weighted by molar-refractivity contribution is 5.85. The Morgan fingerprint density at radius 1 is 1.35 bits per heavy atom. The molecule has 0 spiro atoms. The van der Waals surface area contributed by atoms with Crippen molar-refractivity contribution in [2.45, 2.75) is 39.2 Å². The van der Waals surface area contributed by atoms with Crippen LogP contribution in [0.15, 0.2) is 18.2 Å². The van der Waals surface area contributed by atoms with Gasteiger partial charge in [-0.2, -0.15) is 0 Å². The Labute approximate surface area is 144 Å². The SMILES string of the molecule is CC(CC(=O)N1CCc2ccc(O)cc2C1)C1CCNCC1.Cl. The van der Waals surface area contributed by atoms with Gasteiger partial charge < -0.3 is 15.3 Å². The van der Waals surface area contributed by atoms with Crippen LogP contribution in [0.3, 0.4) is 0 Å². The van der Waals surface area contributed by atoms with Crippen LogP contribution in [0.2, 0.25) is 0 Å². The largest absolute Gasteiger partial charge is 0.508 e. The molecule has 4 nitrogen and oxygen atoms in total. The van der Waals surface area contributed by atoms with Crippen LogP contribution >= 0.6 is 12.4 Å². The molecule has 1 aromatic rings. The van der Waals surface area contributed by atoms with Crippen LogP contribution in [-0.2, 0) is 17.8 Å². The summed E-state index contributed by atoms with van der Waals surface area (Å²) in [7, 11) is 0. The number of phenols is 1. The second-order valence-corrected chi connectivity index (χ2v) is 6.79. The zero-order valence-corrected chi connectivity index (χ0v) is 14.6. The molecule has 0 aromatic heterocycles. The normalized spacial score (nSPS) is 19.6. The maximum Gasteiger partial charge on any atom is 0.223 e. The Morgan fingerprint density at radius 2 is 2.09 bits per heavy atom. The van der Waals surface area contributed by atoms with Crippen molar-refractivity contribution < 1.29 is 9.90 Å². The summed E-state index contributed by atoms with van der Waals surface area (Å²) in [5, 5.41) is 13.0. The van der Waals surface area contributed by atoms with E-state index in [1.54, 1.807) is 12.1 Å². The molecule has 1 unspecified atom stereocenters. The number of amides is 1. The summed E-state index contributed by atoms with van der Waals surface area (Å²) in [5.74, 6) is 1.68. The zero-order valence-electron chi connectivity index (χ0n) is 13.8. The van der Waals surface area contributed by atoms with Crippen molar-refractivity contribution >= 4 is 18.3 Å². The summed E-state index contributed by atoms with van der Waals surface area (Å²) < 4.78 is 0. The summed E-state index contributed by atoms with van der Waals surface area (Å²) in [5.41, 5.74) is 2.35. The quantitative estimate of drug-likeness (QED) is 0.891. The molecule has 2 aliphatic rings. The number of fused-ring (bicyclic) bond motifs is 1. The molecule has 2 aliphatic heterocycles. The number of piperidine rings is 1. The number of halogens is 1. The van der Waals surface area contributed by atoms with Gasteiger partial charge in [0.05, 0.1) is 0 Å². The van der Waals surface area contributed by atoms with E-state index in [0.717, 1.165) is 31.6 Å². The summed E-state index contributed by atoms with van der Waals surface area (Å²) in [6, 6.07) is 5.50. The number of rotatable bonds is 3. The molecule has 5 heteroatoms. The average Bonchev–Trinajstić information content (AvgIpc) is 2.54. The molecule has 23 heavy (non-hydrogen) atoms. The molecule has 0 bridgehead atoms. The Morgan fingerprint density at radius 3 is 2.83 bits per heavy atom. The van der Waals surface area contributed by atoms with Crippen molar-refractivity contribution in [1.82, 2.24) is 10.2 Å². The molecule has 0 aliphatic carbocycles. The predicted molar refractivity (Wildman–Crippen MR) is 93.9 cm³/mol. The number of carbonyl (C=O) groups excluding carboxylic acids is 1. The molecule has 1 amide bonds. The number of nitrogens with one attached hydrogen (secondary N) is 1. The third kappa shape index (κ3) is 4.39. The van der Waals surface area contributed by atoms with E-state index in [1.807, 2.05) is 11.0 Å². The first kappa shape index (κ1) is 18.1. The van der Waals surface area contributed by atoms with Crippen LogP contribution in [0, 0.1) is 11.8 Å². The van der Waals surface area contributed by atoms with Crippen molar-refractivity contribution in [1.29, 1.82) is 0 Å². The lowest BCUT2D eigenvalue weighted by molar-refractivity contribution is -0.133. The summed E-state index contributed by atoms with van der Waals surface area (Å²) in [6.07, 6.45) is 3.91. The monoisotopic (exact) mass is 338 g/mol. The Hall–Kier alpha value is -1.26. The highest BCUT2D eigenvalue weighted by atomic mass is 35.5. The first-order valence-electron chi connectivity index (χ1n) is 8.43. The number of hydrogen-bond donors (Lipinski definition) is 2. The van der Waals surface area contributed by atoms with Gasteiger partial charge in [0.25, 0.3) is 0 Å². The maximum absolute atomic E-state index is 12.6. The molecule has 2 heterocycles. The predicted octanol–water partition coefficient (Wildman–Crippen LogP) is 2.72. The van der Waals surface area contributed by atoms with E-state index in [2.05, 4.69) is 12.2 Å². The molecular weight excluding hydrogens is 312 g/mol. The van der Waals surface area contributed by atoms with E-state index in [1.165, 1.54) is 18.4 Å². The van der Waals surface area contributed by atoms with Crippen molar-refractivity contribution in [2.24, 2.45) is 11.8 Å². The van der Waals surface area contributed by atoms with Crippen molar-refractivity contribution in [3.63, 3.8) is 0 Å². The topological polar surface area (TPSA) is 52.6 Å². The highest BCUT2D eigenvalue weighted by Gasteiger charge is 2.26. The van der Waals surface area contributed by atoms with E-state index in [0.29, 0.717) is 24.8 Å². The smallest absolute Gasteiger partial charge is 0.223 e. The fourth-order valence-electron chi connectivity index (χ4n) is 3.74. The molecule has 3 rings (SSSR count). The molecular formula is C18H27ClN2O2. The fraction of sp³-hybridized carbons (Fsp3) is 0.611. The third-order valence-corrected chi connectivity index (χ3v) is 5.24. The minimum atomic E-state index is 0. The molecule has 0 saturated carbocycles. The lowest BCUT2D eigenvalue weighted by Gasteiger charge is -2.32. The standard InChI is InChI=1S/C18H26N2O2.ClH/c1-13(14-4-7-19-8-5-14)10-18(22)20-9-6-15-2-3-17(21)11-16(15)12-20;/h2-3,11,13-14,19,21H,4-10,12H2,1H3;1H. The summed E-state index contributed by atoms with van der Waals surface area (Å²) in [4.78, 5) is 14.6. The van der Waals surface area contributed by atoms with Crippen molar-refractivity contribution in [3.8, 4) is 5.75 Å². The van der Waals surface area contributed by atoms with E-state index in [9.17, 15) is 9.90 Å². The third-order valence-electron chi connectivity index (χ3n) is 5.24. The van der Waals surface area contributed by atoms with Crippen LogP contribution in [-0.4, -0.2) is 35.5 Å². The highest BCUT2D eigenvalue weighted by Crippen LogP contribution is 2.27. The first-order chi connectivity index (χ1) is 10.6. The second kappa shape index (κ2) is 8.02. The number of phenolic OH excluding ortho intramolecular Hbond substituents is 1. The maximum atomic E-state index is 12.6. The molecule has 1 saturated heterocycles. The lowest BCUT2D eigenvalue weighted by atomic mass is 9.83. The first-order valence-corrected chi connectivity index (χ1v) is 8.43. The number of carbonyl (C=O) groups is 1. The zero-order chi connectivity index (χ0) is 15.5. The number of hydrogen-bond acceptors (Lipinski definition) is 3. The van der Waals surface area contributed by atoms with Gasteiger partial charge in [0.2, 0.25) is 5.91 Å². The van der Waals surface area contributed by atoms with Gasteiger partial charge in [-0.05, 0) is 67.4 Å². The molecule has 2 N–H and O–H groups in total. The van der Waals surface area contributed by atoms with Gasteiger partial charge >= 0.3 is 0 Å². The molecule has 0 radical (unpaired) electrons. The Balaban J connectivity index is 0.00000192. The molecule has 1 aromatic carbocycles. The van der Waals surface area contributed by atoms with Crippen LogP contribution in [0.4, 0.5) is 0 Å². The van der Waals surface area contributed by atoms with Crippen LogP contribution < -0.4 is 5.32 Å². The van der Waals surface area contributed by atoms with Crippen molar-refractivity contribution in [3.05, 3.63) is 29.3 Å². The lowest BCUT2D eigenvalue weighted by Crippen LogP contribution is -2.38. The van der Waals surface area contributed by atoms with Gasteiger partial charge in [0.1, 0.15) is 5.75 Å². The molecule has 1 fully saturated rings. The van der Waals surface area contributed by atoms with Crippen molar-refractivity contribution in [2.75, 3.05) is 19.6 Å². The van der Waals surface area contributed by atoms with E-state index in [4.69, 9.17) is 0 Å². The second-order valence-electron chi connectivity index (χ2n) is 6.79. The van der Waals surface area contributed by atoms with Crippen LogP contribution in [0.25, 0.3) is 0 Å². The Bertz CT molecular complexity index is 544. The number of nitrogens with zero attached hydrogens (tertiary/aromatic N) is 1. The van der Waals surface area contributed by atoms with Gasteiger partial charge in [-0.3, -0.25) is 4.79 Å². The minimum absolute atomic E-state index is 0. The Kier molecular flexibility index (Phi) is 6.31. The van der Waals surface area contributed by atoms with Gasteiger partial charge in [0.15, 0.2) is 0 Å². The van der Waals surface area contributed by atoms with Gasteiger partial charge in [0, 0.05) is 19.5 Å². The summed E-state index contributed by atoms with van der Waals surface area (Å²) in [6.45, 7) is 5.83. The summed E-state index contributed by atoms with van der Waals surface area (Å²) >= 11 is 0. The van der Waals surface area contributed by atoms with E-state index in [-0.39, 0.29) is 24.1 Å². The molecule has 128 valence electrons. The number of benzene rings is 1. The van der Waals surface area contributed by atoms with Crippen LogP contribution in [0.1, 0.15) is 37.3 Å². The van der Waals surface area contributed by atoms with E-state index >= 15 is 0 Å². The van der Waals surface area contributed by atoms with Gasteiger partial charge in [-0.25, -0.2) is 0 Å². The minimum Gasteiger partial charge on any atom is -0.508 e. The molecule has 1 atom stereocenters. The van der Waals surface area contributed by atoms with Gasteiger partial charge in [-0.15, -0.1) is 12.4 Å². The van der Waals surface area contributed by atoms with Crippen LogP contribution in [0.5, 0.6) is 5.75 Å². The van der Waals surface area contributed by atoms with Gasteiger partial charge in [-0.1, -0.05) is 13.0 Å². The van der Waals surface area contributed by atoms with E-state index < -0.39 is 0 Å². The number of aromatic hydroxyl groups is 1. The fourth-order valence-corrected chi connectivity index (χ4v) is 3.74.